The molecule has 1 saturated heterocycles. The minimum atomic E-state index is 0.0658. The van der Waals surface area contributed by atoms with Gasteiger partial charge in [0, 0.05) is 28.8 Å². The van der Waals surface area contributed by atoms with Gasteiger partial charge in [0.15, 0.2) is 0 Å². The molecule has 0 aliphatic carbocycles. The van der Waals surface area contributed by atoms with E-state index >= 15 is 0 Å². The lowest BCUT2D eigenvalue weighted by Gasteiger charge is -2.43. The van der Waals surface area contributed by atoms with Crippen LogP contribution in [0.1, 0.15) is 36.1 Å². The molecule has 3 atom stereocenters. The maximum Gasteiger partial charge on any atom is 0.115 e. The number of anilines is 1. The Balaban J connectivity index is 1.79. The minimum Gasteiger partial charge on any atom is -0.508 e. The molecule has 0 radical (unpaired) electrons. The normalized spacial score (nSPS) is 26.7. The standard InChI is InChI=1S/C18H18ClNO2/c19-12-6-7-16-15(10-12)18-14(5-2-8-22-18)17(20-16)11-3-1-4-13(21)9-11/h1,3-4,6-7,9-10,14,17-18,20-21H,2,5,8H2/t14-,17+,18+/m1/s1. The highest BCUT2D eigenvalue weighted by atomic mass is 35.5. The number of phenols is 1. The molecule has 22 heavy (non-hydrogen) atoms. The largest absolute Gasteiger partial charge is 0.508 e. The number of halogens is 1. The second kappa shape index (κ2) is 5.49. The molecular weight excluding hydrogens is 298 g/mol. The lowest BCUT2D eigenvalue weighted by molar-refractivity contribution is -0.0381. The number of fused-ring (bicyclic) bond motifs is 3. The fourth-order valence-corrected chi connectivity index (χ4v) is 3.87. The number of hydrogen-bond acceptors (Lipinski definition) is 3. The van der Waals surface area contributed by atoms with Crippen LogP contribution in [0.4, 0.5) is 5.69 Å². The summed E-state index contributed by atoms with van der Waals surface area (Å²) in [5.41, 5.74) is 3.32. The first-order valence-electron chi connectivity index (χ1n) is 7.69. The van der Waals surface area contributed by atoms with Crippen LogP contribution in [-0.4, -0.2) is 11.7 Å². The monoisotopic (exact) mass is 315 g/mol. The van der Waals surface area contributed by atoms with Crippen LogP contribution in [0, 0.1) is 5.92 Å². The average molecular weight is 316 g/mol. The first-order chi connectivity index (χ1) is 10.7. The van der Waals surface area contributed by atoms with E-state index in [4.69, 9.17) is 16.3 Å². The SMILES string of the molecule is Oc1cccc([C@@H]2Nc3ccc(Cl)cc3[C@H]3OCCC[C@@H]32)c1. The molecule has 0 bridgehead atoms. The van der Waals surface area contributed by atoms with Crippen molar-refractivity contribution in [1.82, 2.24) is 0 Å². The molecule has 2 aliphatic heterocycles. The fourth-order valence-electron chi connectivity index (χ4n) is 3.69. The van der Waals surface area contributed by atoms with Crippen LogP contribution >= 0.6 is 11.6 Å². The smallest absolute Gasteiger partial charge is 0.115 e. The van der Waals surface area contributed by atoms with Gasteiger partial charge in [0.05, 0.1) is 12.1 Å². The Bertz CT molecular complexity index is 703. The van der Waals surface area contributed by atoms with Crippen molar-refractivity contribution < 1.29 is 9.84 Å². The Kier molecular flexibility index (Phi) is 3.47. The third-order valence-electron chi connectivity index (χ3n) is 4.66. The molecule has 4 rings (SSSR count). The van der Waals surface area contributed by atoms with E-state index in [0.29, 0.717) is 11.7 Å². The zero-order valence-electron chi connectivity index (χ0n) is 12.1. The summed E-state index contributed by atoms with van der Waals surface area (Å²) in [7, 11) is 0. The fraction of sp³-hybridized carbons (Fsp3) is 0.333. The zero-order chi connectivity index (χ0) is 15.1. The van der Waals surface area contributed by atoms with Crippen LogP contribution in [0.2, 0.25) is 5.02 Å². The van der Waals surface area contributed by atoms with Gasteiger partial charge in [-0.1, -0.05) is 23.7 Å². The molecule has 0 aromatic heterocycles. The topological polar surface area (TPSA) is 41.5 Å². The second-order valence-corrected chi connectivity index (χ2v) is 6.48. The number of rotatable bonds is 1. The Hall–Kier alpha value is -1.71. The first kappa shape index (κ1) is 13.9. The molecule has 3 nitrogen and oxygen atoms in total. The summed E-state index contributed by atoms with van der Waals surface area (Å²) in [6.07, 6.45) is 2.23. The number of aromatic hydroxyl groups is 1. The second-order valence-electron chi connectivity index (χ2n) is 6.05. The molecule has 114 valence electrons. The van der Waals surface area contributed by atoms with Gasteiger partial charge in [-0.3, -0.25) is 0 Å². The number of nitrogens with one attached hydrogen (secondary N) is 1. The van der Waals surface area contributed by atoms with Crippen LogP contribution in [0.3, 0.4) is 0 Å². The molecule has 0 spiro atoms. The summed E-state index contributed by atoms with van der Waals surface area (Å²) >= 11 is 6.17. The molecule has 2 N–H and O–H groups in total. The van der Waals surface area contributed by atoms with E-state index in [1.165, 1.54) is 0 Å². The van der Waals surface area contributed by atoms with Gasteiger partial charge in [-0.05, 0) is 48.7 Å². The molecule has 2 aromatic rings. The summed E-state index contributed by atoms with van der Waals surface area (Å²) in [4.78, 5) is 0. The Morgan fingerprint density at radius 3 is 2.95 bits per heavy atom. The van der Waals surface area contributed by atoms with Gasteiger partial charge in [-0.25, -0.2) is 0 Å². The molecule has 0 unspecified atom stereocenters. The average Bonchev–Trinajstić information content (AvgIpc) is 2.54. The molecule has 0 amide bonds. The number of ether oxygens (including phenoxy) is 1. The zero-order valence-corrected chi connectivity index (χ0v) is 12.9. The number of benzene rings is 2. The van der Waals surface area contributed by atoms with Crippen molar-refractivity contribution in [2.24, 2.45) is 5.92 Å². The number of hydrogen-bond donors (Lipinski definition) is 2. The van der Waals surface area contributed by atoms with Gasteiger partial charge < -0.3 is 15.2 Å². The van der Waals surface area contributed by atoms with Gasteiger partial charge >= 0.3 is 0 Å². The predicted octanol–water partition coefficient (Wildman–Crippen LogP) is 4.68. The third kappa shape index (κ3) is 2.34. The van der Waals surface area contributed by atoms with E-state index in [2.05, 4.69) is 11.4 Å². The maximum absolute atomic E-state index is 9.79. The molecule has 2 aliphatic rings. The Morgan fingerprint density at radius 2 is 2.09 bits per heavy atom. The van der Waals surface area contributed by atoms with Gasteiger partial charge in [-0.15, -0.1) is 0 Å². The van der Waals surface area contributed by atoms with Crippen molar-refractivity contribution in [1.29, 1.82) is 0 Å². The molecule has 1 fully saturated rings. The van der Waals surface area contributed by atoms with E-state index < -0.39 is 0 Å². The van der Waals surface area contributed by atoms with Crippen molar-refractivity contribution in [2.75, 3.05) is 11.9 Å². The lowest BCUT2D eigenvalue weighted by atomic mass is 9.77. The van der Waals surface area contributed by atoms with E-state index in [0.717, 1.165) is 41.3 Å². The highest BCUT2D eigenvalue weighted by molar-refractivity contribution is 6.30. The van der Waals surface area contributed by atoms with Gasteiger partial charge in [0.1, 0.15) is 5.75 Å². The summed E-state index contributed by atoms with van der Waals surface area (Å²) in [5.74, 6) is 0.649. The van der Waals surface area contributed by atoms with E-state index in [9.17, 15) is 5.11 Å². The van der Waals surface area contributed by atoms with Crippen LogP contribution in [0.5, 0.6) is 5.75 Å². The molecule has 2 heterocycles. The minimum absolute atomic E-state index is 0.0658. The van der Waals surface area contributed by atoms with E-state index in [-0.39, 0.29) is 12.1 Å². The first-order valence-corrected chi connectivity index (χ1v) is 8.07. The Labute approximate surface area is 134 Å². The molecule has 0 saturated carbocycles. The van der Waals surface area contributed by atoms with Gasteiger partial charge in [-0.2, -0.15) is 0 Å². The molecule has 2 aromatic carbocycles. The summed E-state index contributed by atoms with van der Waals surface area (Å²) in [5, 5.41) is 14.2. The van der Waals surface area contributed by atoms with Crippen LogP contribution in [-0.2, 0) is 4.74 Å². The van der Waals surface area contributed by atoms with Crippen molar-refractivity contribution in [3.63, 3.8) is 0 Å². The Morgan fingerprint density at radius 1 is 1.18 bits per heavy atom. The van der Waals surface area contributed by atoms with Crippen molar-refractivity contribution in [2.45, 2.75) is 25.0 Å². The van der Waals surface area contributed by atoms with Crippen LogP contribution < -0.4 is 5.32 Å². The van der Waals surface area contributed by atoms with E-state index in [1.54, 1.807) is 6.07 Å². The van der Waals surface area contributed by atoms with Gasteiger partial charge in [0.25, 0.3) is 0 Å². The predicted molar refractivity (Wildman–Crippen MR) is 87.3 cm³/mol. The van der Waals surface area contributed by atoms with Crippen molar-refractivity contribution in [3.8, 4) is 5.75 Å². The summed E-state index contributed by atoms with van der Waals surface area (Å²) < 4.78 is 6.08. The lowest BCUT2D eigenvalue weighted by Crippen LogP contribution is -2.35. The van der Waals surface area contributed by atoms with Crippen molar-refractivity contribution >= 4 is 17.3 Å². The number of phenolic OH excluding ortho intramolecular Hbond substituents is 1. The highest BCUT2D eigenvalue weighted by Crippen LogP contribution is 2.49. The van der Waals surface area contributed by atoms with E-state index in [1.807, 2.05) is 30.3 Å². The van der Waals surface area contributed by atoms with Crippen LogP contribution in [0.25, 0.3) is 0 Å². The highest BCUT2D eigenvalue weighted by Gasteiger charge is 2.39. The summed E-state index contributed by atoms with van der Waals surface area (Å²) in [6.45, 7) is 0.792. The summed E-state index contributed by atoms with van der Waals surface area (Å²) in [6, 6.07) is 13.6. The van der Waals surface area contributed by atoms with Crippen molar-refractivity contribution in [3.05, 3.63) is 58.6 Å². The molecular formula is C18H18ClNO2. The quantitative estimate of drug-likeness (QED) is 0.803. The van der Waals surface area contributed by atoms with Crippen LogP contribution in [0.15, 0.2) is 42.5 Å². The van der Waals surface area contributed by atoms with Gasteiger partial charge in [0.2, 0.25) is 0 Å². The molecule has 4 heteroatoms. The third-order valence-corrected chi connectivity index (χ3v) is 4.89. The maximum atomic E-state index is 9.79.